The fourth-order valence-corrected chi connectivity index (χ4v) is 6.64. The summed E-state index contributed by atoms with van der Waals surface area (Å²) in [5.41, 5.74) is 0.0868. The zero-order chi connectivity index (χ0) is 19.5. The van der Waals surface area contributed by atoms with E-state index in [4.69, 9.17) is 0 Å². The first-order valence-corrected chi connectivity index (χ1v) is 10.4. The number of rotatable bonds is 6. The summed E-state index contributed by atoms with van der Waals surface area (Å²) < 4.78 is 0. The molecule has 8 nitrogen and oxygen atoms in total. The van der Waals surface area contributed by atoms with Crippen LogP contribution >= 0.6 is 11.8 Å². The highest BCUT2D eigenvalue weighted by atomic mass is 32.2. The fourth-order valence-electron chi connectivity index (χ4n) is 5.07. The molecule has 0 radical (unpaired) electrons. The van der Waals surface area contributed by atoms with Crippen molar-refractivity contribution in [1.29, 1.82) is 0 Å². The summed E-state index contributed by atoms with van der Waals surface area (Å²) >= 11 is 1.55. The number of carbonyl (C=O) groups is 2. The van der Waals surface area contributed by atoms with Gasteiger partial charge in [0.25, 0.3) is 0 Å². The van der Waals surface area contributed by atoms with Crippen LogP contribution in [0.4, 0.5) is 0 Å². The molecule has 6 atom stereocenters. The van der Waals surface area contributed by atoms with Crippen LogP contribution in [-0.4, -0.2) is 86.8 Å². The zero-order valence-electron chi connectivity index (χ0n) is 15.5. The molecule has 4 N–H and O–H groups in total. The minimum atomic E-state index is -1.08. The van der Waals surface area contributed by atoms with Gasteiger partial charge in [-0.05, 0) is 19.3 Å². The summed E-state index contributed by atoms with van der Waals surface area (Å²) in [7, 11) is 0. The molecule has 4 aliphatic heterocycles. The van der Waals surface area contributed by atoms with Gasteiger partial charge in [-0.3, -0.25) is 9.69 Å². The Hall–Kier alpha value is -1.13. The van der Waals surface area contributed by atoms with Crippen LogP contribution in [0.2, 0.25) is 0 Å². The third-order valence-electron chi connectivity index (χ3n) is 6.56. The number of hydrogen-bond acceptors (Lipinski definition) is 7. The van der Waals surface area contributed by atoms with Gasteiger partial charge in [-0.2, -0.15) is 0 Å². The molecule has 0 aromatic rings. The number of carboxylic acids is 1. The number of fused-ring (bicyclic) bond motifs is 1. The Kier molecular flexibility index (Phi) is 5.00. The molecule has 150 valence electrons. The highest BCUT2D eigenvalue weighted by Gasteiger charge is 2.60. The maximum absolute atomic E-state index is 12.4. The molecule has 0 aromatic carbocycles. The molecule has 5 unspecified atom stereocenters. The molecule has 0 bridgehead atoms. The lowest BCUT2D eigenvalue weighted by atomic mass is 9.79. The van der Waals surface area contributed by atoms with Gasteiger partial charge in [-0.1, -0.05) is 6.92 Å². The maximum Gasteiger partial charge on any atom is 0.353 e. The molecule has 1 amide bonds. The summed E-state index contributed by atoms with van der Waals surface area (Å²) in [6.07, 6.45) is 0.117. The first-order chi connectivity index (χ1) is 12.8. The first-order valence-electron chi connectivity index (χ1n) is 9.56. The van der Waals surface area contributed by atoms with Crippen LogP contribution in [-0.2, 0) is 9.59 Å². The number of thioether (sulfide) groups is 1. The lowest BCUT2D eigenvalue weighted by molar-refractivity contribution is -0.163. The molecule has 0 spiro atoms. The van der Waals surface area contributed by atoms with Crippen LogP contribution in [0.15, 0.2) is 10.6 Å². The van der Waals surface area contributed by atoms with E-state index in [9.17, 15) is 24.9 Å². The molecule has 3 fully saturated rings. The van der Waals surface area contributed by atoms with Crippen molar-refractivity contribution in [3.05, 3.63) is 10.6 Å². The van der Waals surface area contributed by atoms with Gasteiger partial charge in [0.1, 0.15) is 5.70 Å². The number of hydrogen-bond donors (Lipinski definition) is 4. The Morgan fingerprint density at radius 2 is 2.11 bits per heavy atom. The first kappa shape index (κ1) is 19.2. The predicted octanol–water partition coefficient (Wildman–Crippen LogP) is -0.515. The minimum absolute atomic E-state index is 0.00987. The monoisotopic (exact) mass is 397 g/mol. The smallest absolute Gasteiger partial charge is 0.353 e. The van der Waals surface area contributed by atoms with E-state index in [0.29, 0.717) is 18.5 Å². The van der Waals surface area contributed by atoms with E-state index in [0.717, 1.165) is 24.4 Å². The highest BCUT2D eigenvalue weighted by Crippen LogP contribution is 2.52. The van der Waals surface area contributed by atoms with Crippen molar-refractivity contribution in [2.24, 2.45) is 17.8 Å². The largest absolute Gasteiger partial charge is 0.477 e. The van der Waals surface area contributed by atoms with Crippen LogP contribution in [0, 0.1) is 17.8 Å². The quantitative estimate of drug-likeness (QED) is 0.443. The van der Waals surface area contributed by atoms with Crippen LogP contribution in [0.25, 0.3) is 0 Å². The number of amides is 1. The maximum atomic E-state index is 12.4. The van der Waals surface area contributed by atoms with E-state index in [2.05, 4.69) is 10.2 Å². The number of aliphatic hydroxyl groups is 2. The van der Waals surface area contributed by atoms with Gasteiger partial charge >= 0.3 is 5.97 Å². The molecule has 3 saturated heterocycles. The predicted molar refractivity (Wildman–Crippen MR) is 99.6 cm³/mol. The second-order valence-corrected chi connectivity index (χ2v) is 9.49. The molecule has 0 aliphatic carbocycles. The SMILES string of the molecule is CC(O)C1C(=O)N2C(C(=O)O)=C(SC3CC(C4CNC4)N(CO)C3)C(C)[C@@H]12. The van der Waals surface area contributed by atoms with Crippen LogP contribution in [0.1, 0.15) is 20.3 Å². The van der Waals surface area contributed by atoms with Gasteiger partial charge in [0, 0.05) is 41.7 Å². The third-order valence-corrected chi connectivity index (χ3v) is 8.05. The molecule has 4 aliphatic rings. The van der Waals surface area contributed by atoms with E-state index in [-0.39, 0.29) is 35.5 Å². The molecule has 4 rings (SSSR count). The summed E-state index contributed by atoms with van der Waals surface area (Å²) in [6, 6.07) is 0.0382. The molecule has 0 aromatic heterocycles. The Morgan fingerprint density at radius 3 is 2.63 bits per heavy atom. The van der Waals surface area contributed by atoms with Crippen LogP contribution in [0.5, 0.6) is 0 Å². The number of likely N-dealkylation sites (tertiary alicyclic amines) is 1. The topological polar surface area (TPSA) is 113 Å². The van der Waals surface area contributed by atoms with E-state index < -0.39 is 18.0 Å². The van der Waals surface area contributed by atoms with Crippen molar-refractivity contribution < 1.29 is 24.9 Å². The summed E-state index contributed by atoms with van der Waals surface area (Å²) in [6.45, 7) is 6.17. The molecule has 27 heavy (non-hydrogen) atoms. The van der Waals surface area contributed by atoms with Gasteiger partial charge in [0.05, 0.1) is 24.8 Å². The highest BCUT2D eigenvalue weighted by molar-refractivity contribution is 8.03. The lowest BCUT2D eigenvalue weighted by Crippen LogP contribution is -2.63. The average molecular weight is 397 g/mol. The molecule has 0 saturated carbocycles. The number of nitrogens with zero attached hydrogens (tertiary/aromatic N) is 2. The van der Waals surface area contributed by atoms with E-state index in [1.54, 1.807) is 18.7 Å². The van der Waals surface area contributed by atoms with Gasteiger partial charge in [0.15, 0.2) is 0 Å². The molecular formula is C18H27N3O5S. The Bertz CT molecular complexity index is 680. The normalized spacial score (nSPS) is 38.0. The zero-order valence-corrected chi connectivity index (χ0v) is 16.4. The van der Waals surface area contributed by atoms with Gasteiger partial charge in [0.2, 0.25) is 5.91 Å². The summed E-state index contributed by atoms with van der Waals surface area (Å²) in [5, 5.41) is 32.8. The lowest BCUT2D eigenvalue weighted by Gasteiger charge is -2.46. The number of β-lactam (4-membered cyclic amide) rings is 1. The van der Waals surface area contributed by atoms with E-state index in [1.165, 1.54) is 4.90 Å². The molecule has 9 heteroatoms. The van der Waals surface area contributed by atoms with Crippen LogP contribution in [0.3, 0.4) is 0 Å². The Labute approximate surface area is 162 Å². The minimum Gasteiger partial charge on any atom is -0.477 e. The van der Waals surface area contributed by atoms with Gasteiger partial charge in [-0.15, -0.1) is 11.8 Å². The number of nitrogens with one attached hydrogen (secondary N) is 1. The van der Waals surface area contributed by atoms with Crippen molar-refractivity contribution in [2.45, 2.75) is 43.7 Å². The van der Waals surface area contributed by atoms with Gasteiger partial charge in [-0.25, -0.2) is 4.79 Å². The fraction of sp³-hybridized carbons (Fsp3) is 0.778. The second-order valence-electron chi connectivity index (χ2n) is 8.15. The number of aliphatic carboxylic acids is 1. The number of aliphatic hydroxyl groups excluding tert-OH is 2. The Balaban J connectivity index is 1.54. The molecule has 4 heterocycles. The molecular weight excluding hydrogens is 370 g/mol. The van der Waals surface area contributed by atoms with Crippen molar-refractivity contribution >= 4 is 23.6 Å². The van der Waals surface area contributed by atoms with E-state index in [1.807, 2.05) is 6.92 Å². The van der Waals surface area contributed by atoms with E-state index >= 15 is 0 Å². The van der Waals surface area contributed by atoms with Crippen molar-refractivity contribution in [3.63, 3.8) is 0 Å². The number of carboxylic acid groups (broad SMARTS) is 1. The number of carbonyl (C=O) groups excluding carboxylic acids is 1. The van der Waals surface area contributed by atoms with Crippen LogP contribution < -0.4 is 5.32 Å². The second kappa shape index (κ2) is 7.04. The summed E-state index contributed by atoms with van der Waals surface area (Å²) in [4.78, 5) is 28.5. The standard InChI is InChI=1S/C18H27N3O5S/c1-8-14-13(9(2)23)17(24)21(14)15(18(25)26)16(8)27-11-3-12(10-4-19-5-10)20(6-11)7-22/h8-14,19,22-23H,3-7H2,1-2H3,(H,25,26)/t8?,9?,11?,12?,13?,14-/m0/s1. The van der Waals surface area contributed by atoms with Crippen molar-refractivity contribution in [3.8, 4) is 0 Å². The van der Waals surface area contributed by atoms with Gasteiger partial charge < -0.3 is 25.5 Å². The average Bonchev–Trinajstić information content (AvgIpc) is 3.04. The summed E-state index contributed by atoms with van der Waals surface area (Å²) in [5.74, 6) is -1.49. The Morgan fingerprint density at radius 1 is 1.41 bits per heavy atom. The third kappa shape index (κ3) is 2.91. The van der Waals surface area contributed by atoms with Crippen molar-refractivity contribution in [1.82, 2.24) is 15.1 Å². The van der Waals surface area contributed by atoms with Crippen molar-refractivity contribution in [2.75, 3.05) is 26.4 Å².